The normalized spacial score (nSPS) is 22.4. The second-order valence-electron chi connectivity index (χ2n) is 5.15. The first-order valence-electron chi connectivity index (χ1n) is 7.04. The minimum absolute atomic E-state index is 0.00950. The van der Waals surface area contributed by atoms with E-state index in [0.717, 1.165) is 30.3 Å². The number of halogens is 1. The van der Waals surface area contributed by atoms with Crippen LogP contribution in [0.25, 0.3) is 0 Å². The molecular weight excluding hydrogens is 259 g/mol. The second kappa shape index (κ2) is 7.27. The first-order chi connectivity index (χ1) is 9.19. The lowest BCUT2D eigenvalue weighted by molar-refractivity contribution is 0.270. The topological polar surface area (TPSA) is 29.3 Å². The molecule has 2 rings (SSSR count). The highest BCUT2D eigenvalue weighted by Gasteiger charge is 2.19. The first-order valence-corrected chi connectivity index (χ1v) is 8.09. The zero-order chi connectivity index (χ0) is 13.7. The summed E-state index contributed by atoms with van der Waals surface area (Å²) in [6.45, 7) is 5.63. The van der Waals surface area contributed by atoms with Gasteiger partial charge in [0.2, 0.25) is 0 Å². The monoisotopic (exact) mass is 282 g/mol. The number of nitrogens with zero attached hydrogens (tertiary/aromatic N) is 1. The van der Waals surface area contributed by atoms with Gasteiger partial charge in [0, 0.05) is 36.7 Å². The van der Waals surface area contributed by atoms with Crippen LogP contribution in [0.4, 0.5) is 4.39 Å². The van der Waals surface area contributed by atoms with Crippen LogP contribution in [0.1, 0.15) is 31.4 Å². The molecule has 1 aromatic carbocycles. The molecule has 0 bridgehead atoms. The Labute approximate surface area is 119 Å². The third-order valence-electron chi connectivity index (χ3n) is 3.73. The van der Waals surface area contributed by atoms with Gasteiger partial charge in [-0.25, -0.2) is 4.39 Å². The summed E-state index contributed by atoms with van der Waals surface area (Å²) >= 11 is 2.08. The largest absolute Gasteiger partial charge is 0.324 e. The van der Waals surface area contributed by atoms with Crippen LogP contribution in [-0.2, 0) is 0 Å². The number of nitrogens with two attached hydrogens (primary N) is 1. The van der Waals surface area contributed by atoms with Crippen molar-refractivity contribution in [3.8, 4) is 0 Å². The lowest BCUT2D eigenvalue weighted by atomic mass is 10.0. The Balaban J connectivity index is 1.79. The fourth-order valence-corrected chi connectivity index (χ4v) is 3.68. The summed E-state index contributed by atoms with van der Waals surface area (Å²) in [7, 11) is 0. The summed E-state index contributed by atoms with van der Waals surface area (Å²) in [5.41, 5.74) is 7.20. The molecule has 4 heteroatoms. The van der Waals surface area contributed by atoms with E-state index in [1.165, 1.54) is 30.9 Å². The first kappa shape index (κ1) is 14.8. The number of benzene rings is 1. The summed E-state index contributed by atoms with van der Waals surface area (Å²) in [5, 5.41) is 0.774. The fraction of sp³-hybridized carbons (Fsp3) is 0.600. The van der Waals surface area contributed by atoms with Gasteiger partial charge in [-0.1, -0.05) is 19.1 Å². The van der Waals surface area contributed by atoms with E-state index in [1.54, 1.807) is 12.1 Å². The van der Waals surface area contributed by atoms with E-state index >= 15 is 0 Å². The Bertz CT molecular complexity index is 382. The summed E-state index contributed by atoms with van der Waals surface area (Å²) in [5.74, 6) is 1.03. The SMILES string of the molecule is CCC1CN(CCC(N)c2ccc(F)cc2)CCS1. The van der Waals surface area contributed by atoms with Crippen molar-refractivity contribution in [1.29, 1.82) is 0 Å². The standard InChI is InChI=1S/C15H23FN2S/c1-2-14-11-18(9-10-19-14)8-7-15(17)12-3-5-13(16)6-4-12/h3-6,14-15H,2,7-11,17H2,1H3. The third-order valence-corrected chi connectivity index (χ3v) is 5.10. The molecule has 1 fully saturated rings. The minimum Gasteiger partial charge on any atom is -0.324 e. The van der Waals surface area contributed by atoms with Gasteiger partial charge < -0.3 is 10.6 Å². The number of hydrogen-bond donors (Lipinski definition) is 1. The molecule has 0 saturated carbocycles. The Morgan fingerprint density at radius 3 is 2.84 bits per heavy atom. The molecule has 2 N–H and O–H groups in total. The molecule has 2 nitrogen and oxygen atoms in total. The average molecular weight is 282 g/mol. The van der Waals surface area contributed by atoms with Crippen molar-refractivity contribution >= 4 is 11.8 Å². The zero-order valence-corrected chi connectivity index (χ0v) is 12.3. The van der Waals surface area contributed by atoms with Gasteiger partial charge in [-0.05, 0) is 30.5 Å². The molecule has 106 valence electrons. The van der Waals surface area contributed by atoms with Gasteiger partial charge in [0.15, 0.2) is 0 Å². The van der Waals surface area contributed by atoms with Crippen LogP contribution >= 0.6 is 11.8 Å². The third kappa shape index (κ3) is 4.48. The Kier molecular flexibility index (Phi) is 5.67. The quantitative estimate of drug-likeness (QED) is 0.900. The van der Waals surface area contributed by atoms with E-state index in [1.807, 2.05) is 0 Å². The molecule has 0 amide bonds. The number of hydrogen-bond acceptors (Lipinski definition) is 3. The van der Waals surface area contributed by atoms with Gasteiger partial charge in [0.1, 0.15) is 5.82 Å². The highest BCUT2D eigenvalue weighted by molar-refractivity contribution is 8.00. The van der Waals surface area contributed by atoms with E-state index in [9.17, 15) is 4.39 Å². The van der Waals surface area contributed by atoms with Crippen LogP contribution in [0.5, 0.6) is 0 Å². The molecule has 1 aliphatic rings. The molecule has 1 aliphatic heterocycles. The zero-order valence-electron chi connectivity index (χ0n) is 11.5. The smallest absolute Gasteiger partial charge is 0.123 e. The Morgan fingerprint density at radius 1 is 1.42 bits per heavy atom. The van der Waals surface area contributed by atoms with E-state index in [-0.39, 0.29) is 11.9 Å². The number of thioether (sulfide) groups is 1. The van der Waals surface area contributed by atoms with Crippen molar-refractivity contribution in [2.45, 2.75) is 31.1 Å². The molecule has 19 heavy (non-hydrogen) atoms. The summed E-state index contributed by atoms with van der Waals surface area (Å²) < 4.78 is 12.9. The molecule has 1 saturated heterocycles. The maximum Gasteiger partial charge on any atom is 0.123 e. The van der Waals surface area contributed by atoms with Crippen molar-refractivity contribution in [3.63, 3.8) is 0 Å². The van der Waals surface area contributed by atoms with Crippen molar-refractivity contribution in [1.82, 2.24) is 4.90 Å². The van der Waals surface area contributed by atoms with E-state index < -0.39 is 0 Å². The van der Waals surface area contributed by atoms with Gasteiger partial charge in [-0.3, -0.25) is 0 Å². The van der Waals surface area contributed by atoms with Crippen LogP contribution in [0, 0.1) is 5.82 Å². The average Bonchev–Trinajstić information content (AvgIpc) is 2.46. The van der Waals surface area contributed by atoms with Gasteiger partial charge in [-0.2, -0.15) is 11.8 Å². The predicted octanol–water partition coefficient (Wildman–Crippen LogP) is 3.04. The Morgan fingerprint density at radius 2 is 2.16 bits per heavy atom. The summed E-state index contributed by atoms with van der Waals surface area (Å²) in [6.07, 6.45) is 2.18. The minimum atomic E-state index is -0.199. The maximum absolute atomic E-state index is 12.9. The van der Waals surface area contributed by atoms with E-state index in [2.05, 4.69) is 23.6 Å². The Hall–Kier alpha value is -0.580. The van der Waals surface area contributed by atoms with Gasteiger partial charge in [0.05, 0.1) is 0 Å². The molecule has 2 unspecified atom stereocenters. The predicted molar refractivity (Wildman–Crippen MR) is 80.9 cm³/mol. The summed E-state index contributed by atoms with van der Waals surface area (Å²) in [4.78, 5) is 2.51. The van der Waals surface area contributed by atoms with Crippen LogP contribution in [0.15, 0.2) is 24.3 Å². The molecular formula is C15H23FN2S. The molecule has 1 aromatic rings. The maximum atomic E-state index is 12.9. The van der Waals surface area contributed by atoms with Gasteiger partial charge in [-0.15, -0.1) is 0 Å². The molecule has 0 radical (unpaired) electrons. The van der Waals surface area contributed by atoms with E-state index in [0.29, 0.717) is 0 Å². The molecule has 0 spiro atoms. The number of rotatable bonds is 5. The van der Waals surface area contributed by atoms with Crippen molar-refractivity contribution < 1.29 is 4.39 Å². The summed E-state index contributed by atoms with van der Waals surface area (Å²) in [6, 6.07) is 6.57. The van der Waals surface area contributed by atoms with Crippen LogP contribution in [0.3, 0.4) is 0 Å². The van der Waals surface area contributed by atoms with Crippen molar-refractivity contribution in [2.24, 2.45) is 5.73 Å². The van der Waals surface area contributed by atoms with Gasteiger partial charge in [0.25, 0.3) is 0 Å². The van der Waals surface area contributed by atoms with Gasteiger partial charge >= 0.3 is 0 Å². The fourth-order valence-electron chi connectivity index (χ4n) is 2.43. The lowest BCUT2D eigenvalue weighted by Crippen LogP contribution is -2.39. The van der Waals surface area contributed by atoms with Crippen LogP contribution in [0.2, 0.25) is 0 Å². The molecule has 0 aliphatic carbocycles. The molecule has 1 heterocycles. The van der Waals surface area contributed by atoms with Crippen LogP contribution < -0.4 is 5.73 Å². The van der Waals surface area contributed by atoms with E-state index in [4.69, 9.17) is 5.73 Å². The lowest BCUT2D eigenvalue weighted by Gasteiger charge is -2.32. The molecule has 2 atom stereocenters. The highest BCUT2D eigenvalue weighted by atomic mass is 32.2. The second-order valence-corrected chi connectivity index (χ2v) is 6.56. The van der Waals surface area contributed by atoms with Crippen LogP contribution in [-0.4, -0.2) is 35.5 Å². The van der Waals surface area contributed by atoms with Crippen molar-refractivity contribution in [2.75, 3.05) is 25.4 Å². The van der Waals surface area contributed by atoms with Crippen molar-refractivity contribution in [3.05, 3.63) is 35.6 Å². The molecule has 0 aromatic heterocycles. The highest BCUT2D eigenvalue weighted by Crippen LogP contribution is 2.22.